The summed E-state index contributed by atoms with van der Waals surface area (Å²) in [6.07, 6.45) is 3.02. The first-order valence-corrected chi connectivity index (χ1v) is 10.2. The van der Waals surface area contributed by atoms with E-state index in [0.29, 0.717) is 12.6 Å². The Bertz CT molecular complexity index is 984. The number of nitrogens with one attached hydrogen (secondary N) is 2. The zero-order chi connectivity index (χ0) is 20.8. The molecule has 1 unspecified atom stereocenters. The summed E-state index contributed by atoms with van der Waals surface area (Å²) in [6, 6.07) is 20.6. The zero-order valence-corrected chi connectivity index (χ0v) is 17.5. The van der Waals surface area contributed by atoms with Crippen molar-refractivity contribution in [3.05, 3.63) is 72.6 Å². The van der Waals surface area contributed by atoms with E-state index in [1.807, 2.05) is 65.5 Å². The van der Waals surface area contributed by atoms with Gasteiger partial charge in [0.25, 0.3) is 0 Å². The van der Waals surface area contributed by atoms with Crippen molar-refractivity contribution in [2.45, 2.75) is 19.0 Å². The lowest BCUT2D eigenvalue weighted by Gasteiger charge is -2.22. The first-order chi connectivity index (χ1) is 14.8. The number of nitrogens with zero attached hydrogens (tertiary/aromatic N) is 4. The minimum Gasteiger partial charge on any atom is -0.495 e. The lowest BCUT2D eigenvalue weighted by Crippen LogP contribution is -2.44. The number of aliphatic imine (C=N–C) groups is 1. The van der Waals surface area contributed by atoms with Crippen molar-refractivity contribution < 1.29 is 4.74 Å². The van der Waals surface area contributed by atoms with Crippen LogP contribution in [0.25, 0.3) is 5.69 Å². The molecule has 30 heavy (non-hydrogen) atoms. The van der Waals surface area contributed by atoms with Crippen LogP contribution in [0.2, 0.25) is 0 Å². The smallest absolute Gasteiger partial charge is 0.191 e. The minimum absolute atomic E-state index is 0.322. The largest absolute Gasteiger partial charge is 0.495 e. The van der Waals surface area contributed by atoms with E-state index in [2.05, 4.69) is 31.7 Å². The quantitative estimate of drug-likeness (QED) is 0.489. The molecule has 1 fully saturated rings. The van der Waals surface area contributed by atoms with Crippen LogP contribution in [0.1, 0.15) is 12.1 Å². The molecule has 156 valence electrons. The van der Waals surface area contributed by atoms with Crippen LogP contribution in [0.3, 0.4) is 0 Å². The monoisotopic (exact) mass is 404 g/mol. The average Bonchev–Trinajstić information content (AvgIpc) is 3.47. The van der Waals surface area contributed by atoms with Crippen LogP contribution in [0.15, 0.2) is 71.9 Å². The van der Waals surface area contributed by atoms with E-state index in [1.165, 1.54) is 0 Å². The molecule has 1 saturated heterocycles. The first-order valence-electron chi connectivity index (χ1n) is 10.2. The predicted octanol–water partition coefficient (Wildman–Crippen LogP) is 2.82. The lowest BCUT2D eigenvalue weighted by atomic mass is 10.2. The van der Waals surface area contributed by atoms with E-state index in [0.717, 1.165) is 48.3 Å². The second kappa shape index (κ2) is 9.35. The summed E-state index contributed by atoms with van der Waals surface area (Å²) in [5.41, 5.74) is 3.15. The van der Waals surface area contributed by atoms with Crippen LogP contribution in [0.5, 0.6) is 5.75 Å². The number of aromatic nitrogens is 2. The predicted molar refractivity (Wildman–Crippen MR) is 121 cm³/mol. The average molecular weight is 405 g/mol. The van der Waals surface area contributed by atoms with Crippen LogP contribution in [-0.4, -0.2) is 49.0 Å². The Morgan fingerprint density at radius 2 is 1.93 bits per heavy atom. The maximum absolute atomic E-state index is 5.51. The SMILES string of the molecule is CN=C(NCc1ccn(-c2ccccc2)n1)NC1CCN(c2ccccc2OC)C1. The third kappa shape index (κ3) is 4.56. The minimum atomic E-state index is 0.322. The van der Waals surface area contributed by atoms with Crippen molar-refractivity contribution in [2.24, 2.45) is 4.99 Å². The van der Waals surface area contributed by atoms with Gasteiger partial charge < -0.3 is 20.3 Å². The molecule has 0 amide bonds. The maximum Gasteiger partial charge on any atom is 0.191 e. The highest BCUT2D eigenvalue weighted by Gasteiger charge is 2.25. The van der Waals surface area contributed by atoms with Crippen LogP contribution < -0.4 is 20.3 Å². The van der Waals surface area contributed by atoms with Gasteiger partial charge in [-0.2, -0.15) is 5.10 Å². The third-order valence-electron chi connectivity index (χ3n) is 5.28. The molecule has 4 rings (SSSR count). The molecule has 0 spiro atoms. The van der Waals surface area contributed by atoms with Gasteiger partial charge in [0.2, 0.25) is 0 Å². The fourth-order valence-electron chi connectivity index (χ4n) is 3.73. The highest BCUT2D eigenvalue weighted by molar-refractivity contribution is 5.80. The molecular weight excluding hydrogens is 376 g/mol. The number of hydrogen-bond donors (Lipinski definition) is 2. The molecule has 0 radical (unpaired) electrons. The highest BCUT2D eigenvalue weighted by Crippen LogP contribution is 2.30. The number of methoxy groups -OCH3 is 1. The summed E-state index contributed by atoms with van der Waals surface area (Å²) >= 11 is 0. The Balaban J connectivity index is 1.31. The van der Waals surface area contributed by atoms with Crippen molar-refractivity contribution >= 4 is 11.6 Å². The second-order valence-corrected chi connectivity index (χ2v) is 7.26. The van der Waals surface area contributed by atoms with Gasteiger partial charge >= 0.3 is 0 Å². The maximum atomic E-state index is 5.51. The van der Waals surface area contributed by atoms with Gasteiger partial charge in [-0.3, -0.25) is 4.99 Å². The topological polar surface area (TPSA) is 66.7 Å². The van der Waals surface area contributed by atoms with Crippen LogP contribution in [0.4, 0.5) is 5.69 Å². The van der Waals surface area contributed by atoms with E-state index >= 15 is 0 Å². The van der Waals surface area contributed by atoms with Gasteiger partial charge in [-0.25, -0.2) is 4.68 Å². The van der Waals surface area contributed by atoms with Gasteiger partial charge in [-0.1, -0.05) is 30.3 Å². The molecule has 3 aromatic rings. The molecular formula is C23H28N6O. The van der Waals surface area contributed by atoms with E-state index < -0.39 is 0 Å². The molecule has 1 aliphatic heterocycles. The summed E-state index contributed by atoms with van der Waals surface area (Å²) in [4.78, 5) is 6.73. The number of para-hydroxylation sites is 3. The number of benzene rings is 2. The van der Waals surface area contributed by atoms with Crippen molar-refractivity contribution in [3.63, 3.8) is 0 Å². The van der Waals surface area contributed by atoms with E-state index in [-0.39, 0.29) is 0 Å². The summed E-state index contributed by atoms with van der Waals surface area (Å²) in [5, 5.41) is 11.5. The van der Waals surface area contributed by atoms with Crippen molar-refractivity contribution in [1.29, 1.82) is 0 Å². The lowest BCUT2D eigenvalue weighted by molar-refractivity contribution is 0.415. The van der Waals surface area contributed by atoms with E-state index in [9.17, 15) is 0 Å². The van der Waals surface area contributed by atoms with Gasteiger partial charge in [-0.15, -0.1) is 0 Å². The number of rotatable bonds is 6. The van der Waals surface area contributed by atoms with Gasteiger partial charge in [0.15, 0.2) is 5.96 Å². The normalized spacial score (nSPS) is 16.5. The molecule has 0 aliphatic carbocycles. The summed E-state index contributed by atoms with van der Waals surface area (Å²) in [5.74, 6) is 1.70. The Morgan fingerprint density at radius 3 is 2.73 bits per heavy atom. The fraction of sp³-hybridized carbons (Fsp3) is 0.304. The molecule has 7 nitrogen and oxygen atoms in total. The van der Waals surface area contributed by atoms with Crippen LogP contribution in [0, 0.1) is 0 Å². The van der Waals surface area contributed by atoms with E-state index in [4.69, 9.17) is 4.74 Å². The number of anilines is 1. The van der Waals surface area contributed by atoms with E-state index in [1.54, 1.807) is 14.2 Å². The van der Waals surface area contributed by atoms with Crippen molar-refractivity contribution in [1.82, 2.24) is 20.4 Å². The standard InChI is InChI=1S/C23H28N6O/c1-24-23(25-16-18-13-15-29(27-18)20-8-4-3-5-9-20)26-19-12-14-28(17-19)21-10-6-7-11-22(21)30-2/h3-11,13,15,19H,12,14,16-17H2,1-2H3,(H2,24,25,26). The molecule has 0 bridgehead atoms. The highest BCUT2D eigenvalue weighted by atomic mass is 16.5. The van der Waals surface area contributed by atoms with Gasteiger partial charge in [0.1, 0.15) is 5.75 Å². The van der Waals surface area contributed by atoms with Gasteiger partial charge in [-0.05, 0) is 36.8 Å². The second-order valence-electron chi connectivity index (χ2n) is 7.26. The Kier molecular flexibility index (Phi) is 6.17. The van der Waals surface area contributed by atoms with Crippen LogP contribution >= 0.6 is 0 Å². The Hall–Kier alpha value is -3.48. The van der Waals surface area contributed by atoms with Crippen LogP contribution in [-0.2, 0) is 6.54 Å². The molecule has 2 N–H and O–H groups in total. The summed E-state index contributed by atoms with van der Waals surface area (Å²) < 4.78 is 7.39. The van der Waals surface area contributed by atoms with Crippen molar-refractivity contribution in [2.75, 3.05) is 32.1 Å². The first kappa shape index (κ1) is 19.8. The number of guanidine groups is 1. The van der Waals surface area contributed by atoms with Gasteiger partial charge in [0, 0.05) is 32.4 Å². The molecule has 1 atom stereocenters. The molecule has 2 aromatic carbocycles. The summed E-state index contributed by atoms with van der Waals surface area (Å²) in [7, 11) is 3.51. The number of ether oxygens (including phenoxy) is 1. The molecule has 0 saturated carbocycles. The Morgan fingerprint density at radius 1 is 1.13 bits per heavy atom. The summed E-state index contributed by atoms with van der Waals surface area (Å²) in [6.45, 7) is 2.50. The molecule has 7 heteroatoms. The van der Waals surface area contributed by atoms with Gasteiger partial charge in [0.05, 0.1) is 30.7 Å². The molecule has 2 heterocycles. The Labute approximate surface area is 177 Å². The molecule has 1 aliphatic rings. The fourth-order valence-corrected chi connectivity index (χ4v) is 3.73. The molecule has 1 aromatic heterocycles. The zero-order valence-electron chi connectivity index (χ0n) is 17.5. The third-order valence-corrected chi connectivity index (χ3v) is 5.28. The van der Waals surface area contributed by atoms with Crippen molar-refractivity contribution in [3.8, 4) is 11.4 Å². The number of hydrogen-bond acceptors (Lipinski definition) is 4.